The molecule has 0 N–H and O–H groups in total. The van der Waals surface area contributed by atoms with Crippen molar-refractivity contribution in [2.75, 3.05) is 14.2 Å². The van der Waals surface area contributed by atoms with Crippen molar-refractivity contribution in [3.63, 3.8) is 0 Å². The predicted octanol–water partition coefficient (Wildman–Crippen LogP) is 4.84. The van der Waals surface area contributed by atoms with Gasteiger partial charge in [-0.3, -0.25) is 4.79 Å². The van der Waals surface area contributed by atoms with Crippen LogP contribution in [0.5, 0.6) is 11.8 Å². The highest BCUT2D eigenvalue weighted by Gasteiger charge is 2.23. The Labute approximate surface area is 172 Å². The lowest BCUT2D eigenvalue weighted by Crippen LogP contribution is -2.13. The van der Waals surface area contributed by atoms with Gasteiger partial charge in [-0.05, 0) is 56.2 Å². The topological polar surface area (TPSA) is 61.3 Å². The van der Waals surface area contributed by atoms with Crippen molar-refractivity contribution in [3.8, 4) is 11.8 Å². The molecule has 0 bridgehead atoms. The van der Waals surface area contributed by atoms with Crippen molar-refractivity contribution in [1.29, 1.82) is 0 Å². The van der Waals surface area contributed by atoms with Crippen molar-refractivity contribution < 1.29 is 14.3 Å². The zero-order valence-electron chi connectivity index (χ0n) is 17.1. The molecular formula is C24H28N2O3. The lowest BCUT2D eigenvalue weighted by molar-refractivity contribution is 0.0922. The maximum Gasteiger partial charge on any atom is 0.224 e. The van der Waals surface area contributed by atoms with Gasteiger partial charge in [-0.25, -0.2) is 9.97 Å². The number of Topliss-reactive ketones (excluding diaryl/α,β-unsaturated/α-hetero) is 1. The van der Waals surface area contributed by atoms with Crippen molar-refractivity contribution in [2.24, 2.45) is 11.8 Å². The molecule has 0 amide bonds. The Balaban J connectivity index is 0.000000166. The van der Waals surface area contributed by atoms with Crippen LogP contribution in [-0.4, -0.2) is 30.0 Å². The number of allylic oxidation sites excluding steroid dienone is 4. The molecule has 4 rings (SSSR count). The first-order chi connectivity index (χ1) is 14.2. The van der Waals surface area contributed by atoms with Gasteiger partial charge in [0.2, 0.25) is 11.8 Å². The van der Waals surface area contributed by atoms with E-state index in [0.29, 0.717) is 11.4 Å². The molecule has 2 heterocycles. The maximum atomic E-state index is 12.1. The van der Waals surface area contributed by atoms with Gasteiger partial charge < -0.3 is 9.47 Å². The average molecular weight is 392 g/mol. The minimum atomic E-state index is 0.0723. The fourth-order valence-electron chi connectivity index (χ4n) is 3.71. The first-order valence-electron chi connectivity index (χ1n) is 10.0. The summed E-state index contributed by atoms with van der Waals surface area (Å²) in [4.78, 5) is 20.3. The molecule has 0 saturated carbocycles. The molecule has 2 aromatic heterocycles. The van der Waals surface area contributed by atoms with E-state index >= 15 is 0 Å². The Hall–Kier alpha value is -2.95. The van der Waals surface area contributed by atoms with E-state index in [-0.39, 0.29) is 11.7 Å². The van der Waals surface area contributed by atoms with Crippen molar-refractivity contribution in [3.05, 3.63) is 72.1 Å². The van der Waals surface area contributed by atoms with Gasteiger partial charge in [0.05, 0.1) is 19.8 Å². The third kappa shape index (κ3) is 5.53. The van der Waals surface area contributed by atoms with Crippen LogP contribution in [0.4, 0.5) is 0 Å². The van der Waals surface area contributed by atoms with Gasteiger partial charge in [0.25, 0.3) is 0 Å². The fourth-order valence-corrected chi connectivity index (χ4v) is 3.71. The second-order valence-corrected chi connectivity index (χ2v) is 7.25. The third-order valence-electron chi connectivity index (χ3n) is 5.27. The van der Waals surface area contributed by atoms with Crippen LogP contribution in [0.2, 0.25) is 0 Å². The molecule has 0 aliphatic heterocycles. The first kappa shape index (κ1) is 20.8. The molecule has 2 aliphatic rings. The van der Waals surface area contributed by atoms with Gasteiger partial charge in [0.15, 0.2) is 5.78 Å². The quantitative estimate of drug-likeness (QED) is 0.520. The lowest BCUT2D eigenvalue weighted by atomic mass is 9.96. The van der Waals surface area contributed by atoms with Crippen molar-refractivity contribution in [1.82, 2.24) is 9.97 Å². The highest BCUT2D eigenvalue weighted by molar-refractivity contribution is 6.00. The van der Waals surface area contributed by atoms with E-state index in [1.54, 1.807) is 31.6 Å². The van der Waals surface area contributed by atoms with Crippen molar-refractivity contribution in [2.45, 2.75) is 32.1 Å². The Morgan fingerprint density at radius 1 is 0.897 bits per heavy atom. The minimum absolute atomic E-state index is 0.0723. The summed E-state index contributed by atoms with van der Waals surface area (Å²) < 4.78 is 10.3. The van der Waals surface area contributed by atoms with Gasteiger partial charge >= 0.3 is 0 Å². The van der Waals surface area contributed by atoms with Crippen LogP contribution in [0.3, 0.4) is 0 Å². The van der Waals surface area contributed by atoms with E-state index in [2.05, 4.69) is 28.2 Å². The van der Waals surface area contributed by atoms with Gasteiger partial charge in [-0.15, -0.1) is 0 Å². The number of aromatic nitrogens is 2. The normalized spacial score (nSPS) is 15.8. The maximum absolute atomic E-state index is 12.1. The average Bonchev–Trinajstić information content (AvgIpc) is 3.48. The molecule has 0 aromatic carbocycles. The zero-order valence-corrected chi connectivity index (χ0v) is 17.1. The molecule has 2 aliphatic carbocycles. The molecular weight excluding hydrogens is 364 g/mol. The molecule has 5 nitrogen and oxygen atoms in total. The van der Waals surface area contributed by atoms with Crippen LogP contribution in [0.1, 0.15) is 41.6 Å². The number of rotatable bonds is 6. The molecule has 0 spiro atoms. The van der Waals surface area contributed by atoms with Crippen LogP contribution in [0, 0.1) is 11.8 Å². The molecule has 5 heteroatoms. The zero-order chi connectivity index (χ0) is 20.5. The van der Waals surface area contributed by atoms with Crippen LogP contribution >= 0.6 is 0 Å². The summed E-state index contributed by atoms with van der Waals surface area (Å²) in [5.74, 6) is 2.15. The van der Waals surface area contributed by atoms with E-state index in [1.807, 2.05) is 18.2 Å². The number of nitrogens with zero attached hydrogens (tertiary/aromatic N) is 2. The molecule has 0 atom stereocenters. The Morgan fingerprint density at radius 2 is 1.48 bits per heavy atom. The fraction of sp³-hybridized carbons (Fsp3) is 0.375. The number of hydrogen-bond donors (Lipinski definition) is 0. The molecule has 0 saturated heterocycles. The first-order valence-corrected chi connectivity index (χ1v) is 10.0. The minimum Gasteiger partial charge on any atom is -0.481 e. The van der Waals surface area contributed by atoms with E-state index in [1.165, 1.54) is 25.5 Å². The van der Waals surface area contributed by atoms with Crippen LogP contribution < -0.4 is 9.47 Å². The van der Waals surface area contributed by atoms with E-state index in [0.717, 1.165) is 31.1 Å². The van der Waals surface area contributed by atoms with E-state index in [4.69, 9.17) is 9.47 Å². The number of hydrogen-bond acceptors (Lipinski definition) is 5. The van der Waals surface area contributed by atoms with Gasteiger partial charge in [0, 0.05) is 23.9 Å². The van der Waals surface area contributed by atoms with Gasteiger partial charge in [-0.2, -0.15) is 0 Å². The van der Waals surface area contributed by atoms with Gasteiger partial charge in [0.1, 0.15) is 0 Å². The summed E-state index contributed by atoms with van der Waals surface area (Å²) in [5, 5.41) is 0. The summed E-state index contributed by atoms with van der Waals surface area (Å²) in [6, 6.07) is 7.61. The Morgan fingerprint density at radius 3 is 2.14 bits per heavy atom. The molecule has 0 fully saturated rings. The monoisotopic (exact) mass is 392 g/mol. The van der Waals surface area contributed by atoms with Crippen LogP contribution in [-0.2, 0) is 6.42 Å². The Kier molecular flexibility index (Phi) is 7.56. The Bertz CT molecular complexity index is 860. The van der Waals surface area contributed by atoms with Crippen molar-refractivity contribution >= 4 is 5.78 Å². The highest BCUT2D eigenvalue weighted by atomic mass is 16.5. The SMILES string of the molecule is COc1ncccc1C(=O)C1CC=CC1.COc1ncccc1CC1CC=CC1. The second-order valence-electron chi connectivity index (χ2n) is 7.25. The smallest absolute Gasteiger partial charge is 0.224 e. The molecule has 152 valence electrons. The summed E-state index contributed by atoms with van der Waals surface area (Å²) >= 11 is 0. The molecule has 0 unspecified atom stereocenters. The largest absolute Gasteiger partial charge is 0.481 e. The van der Waals surface area contributed by atoms with E-state index < -0.39 is 0 Å². The lowest BCUT2D eigenvalue weighted by Gasteiger charge is -2.11. The molecule has 29 heavy (non-hydrogen) atoms. The van der Waals surface area contributed by atoms with Gasteiger partial charge in [-0.1, -0.05) is 30.4 Å². The number of carbonyl (C=O) groups excluding carboxylic acids is 1. The third-order valence-corrected chi connectivity index (χ3v) is 5.27. The second kappa shape index (κ2) is 10.6. The predicted molar refractivity (Wildman–Crippen MR) is 113 cm³/mol. The number of methoxy groups -OCH3 is 2. The summed E-state index contributed by atoms with van der Waals surface area (Å²) in [6.45, 7) is 0. The highest BCUT2D eigenvalue weighted by Crippen LogP contribution is 2.26. The number of carbonyl (C=O) groups is 1. The van der Waals surface area contributed by atoms with Crippen LogP contribution in [0.15, 0.2) is 61.0 Å². The number of ketones is 1. The van der Waals surface area contributed by atoms with E-state index in [9.17, 15) is 4.79 Å². The number of ether oxygens (including phenoxy) is 2. The summed E-state index contributed by atoms with van der Waals surface area (Å²) in [5.41, 5.74) is 1.82. The molecule has 2 aromatic rings. The van der Waals surface area contributed by atoms with Crippen LogP contribution in [0.25, 0.3) is 0 Å². The summed E-state index contributed by atoms with van der Waals surface area (Å²) in [6.07, 6.45) is 17.1. The summed E-state index contributed by atoms with van der Waals surface area (Å²) in [7, 11) is 3.21. The standard InChI is InChI=1S/C12H13NO2.C12H15NO/c1-15-12-10(7-4-8-13-12)11(14)9-5-2-3-6-9;1-14-12-11(7-4-8-13-12)9-10-5-2-3-6-10/h2-4,7-9H,5-6H2,1H3;2-4,7-8,10H,5-6,9H2,1H3. The molecule has 0 radical (unpaired) electrons. The number of pyridine rings is 2.